The van der Waals surface area contributed by atoms with Gasteiger partial charge in [0.15, 0.2) is 0 Å². The number of nitrogens with one attached hydrogen (secondary N) is 1. The highest BCUT2D eigenvalue weighted by molar-refractivity contribution is 5.86. The molecule has 3 fully saturated rings. The summed E-state index contributed by atoms with van der Waals surface area (Å²) in [6, 6.07) is 3.05. The summed E-state index contributed by atoms with van der Waals surface area (Å²) in [5.74, 6) is -0.00926. The van der Waals surface area contributed by atoms with Gasteiger partial charge in [0.05, 0.1) is 6.07 Å². The molecule has 3 rings (SSSR count). The second kappa shape index (κ2) is 3.99. The van der Waals surface area contributed by atoms with Crippen LogP contribution in [0.5, 0.6) is 0 Å². The molecule has 1 saturated carbocycles. The molecule has 1 aliphatic carbocycles. The predicted molar refractivity (Wildman–Crippen MR) is 63.0 cm³/mol. The highest BCUT2D eigenvalue weighted by Gasteiger charge is 2.47. The molecule has 0 radical (unpaired) electrons. The topological polar surface area (TPSA) is 56.1 Å². The minimum atomic E-state index is -0.688. The van der Waals surface area contributed by atoms with Gasteiger partial charge in [-0.1, -0.05) is 0 Å². The molecule has 0 aromatic rings. The Balaban J connectivity index is 1.64. The average molecular weight is 233 g/mol. The van der Waals surface area contributed by atoms with E-state index in [0.29, 0.717) is 6.04 Å². The first kappa shape index (κ1) is 11.0. The molecule has 2 atom stereocenters. The summed E-state index contributed by atoms with van der Waals surface area (Å²) in [4.78, 5) is 14.6. The van der Waals surface area contributed by atoms with Gasteiger partial charge in [0.2, 0.25) is 5.91 Å². The third-order valence-corrected chi connectivity index (χ3v) is 4.78. The molecule has 17 heavy (non-hydrogen) atoms. The van der Waals surface area contributed by atoms with Crippen molar-refractivity contribution in [3.8, 4) is 6.07 Å². The maximum absolute atomic E-state index is 12.2. The SMILES string of the molecule is N#CC1(C(=O)NC2CCN3CCCC23)CCC1. The molecule has 2 aliphatic heterocycles. The summed E-state index contributed by atoms with van der Waals surface area (Å²) in [5.41, 5.74) is -0.688. The van der Waals surface area contributed by atoms with Crippen LogP contribution in [0.1, 0.15) is 38.5 Å². The summed E-state index contributed by atoms with van der Waals surface area (Å²) in [7, 11) is 0. The fraction of sp³-hybridized carbons (Fsp3) is 0.846. The highest BCUT2D eigenvalue weighted by atomic mass is 16.2. The quantitative estimate of drug-likeness (QED) is 0.775. The van der Waals surface area contributed by atoms with Gasteiger partial charge in [-0.15, -0.1) is 0 Å². The summed E-state index contributed by atoms with van der Waals surface area (Å²) >= 11 is 0. The van der Waals surface area contributed by atoms with Gasteiger partial charge in [-0.05, 0) is 45.1 Å². The predicted octanol–water partition coefficient (Wildman–Crippen LogP) is 1.03. The van der Waals surface area contributed by atoms with Crippen LogP contribution in [0.25, 0.3) is 0 Å². The molecule has 1 N–H and O–H groups in total. The van der Waals surface area contributed by atoms with Crippen molar-refractivity contribution < 1.29 is 4.79 Å². The van der Waals surface area contributed by atoms with E-state index in [-0.39, 0.29) is 11.9 Å². The number of carbonyl (C=O) groups excluding carboxylic acids is 1. The van der Waals surface area contributed by atoms with Gasteiger partial charge < -0.3 is 5.32 Å². The molecule has 3 aliphatic rings. The summed E-state index contributed by atoms with van der Waals surface area (Å²) in [6.45, 7) is 2.29. The van der Waals surface area contributed by atoms with Gasteiger partial charge in [-0.2, -0.15) is 5.26 Å². The van der Waals surface area contributed by atoms with Crippen molar-refractivity contribution in [2.24, 2.45) is 5.41 Å². The average Bonchev–Trinajstić information content (AvgIpc) is 2.82. The van der Waals surface area contributed by atoms with E-state index in [0.717, 1.165) is 32.2 Å². The van der Waals surface area contributed by atoms with Gasteiger partial charge in [0.25, 0.3) is 0 Å². The van der Waals surface area contributed by atoms with Crippen molar-refractivity contribution in [3.05, 3.63) is 0 Å². The lowest BCUT2D eigenvalue weighted by Gasteiger charge is -2.35. The smallest absolute Gasteiger partial charge is 0.240 e. The lowest BCUT2D eigenvalue weighted by atomic mass is 9.69. The third-order valence-electron chi connectivity index (χ3n) is 4.78. The number of nitrogens with zero attached hydrogens (tertiary/aromatic N) is 2. The second-order valence-electron chi connectivity index (χ2n) is 5.66. The van der Waals surface area contributed by atoms with Crippen LogP contribution in [0.4, 0.5) is 0 Å². The molecule has 2 heterocycles. The largest absolute Gasteiger partial charge is 0.350 e. The molecule has 4 heteroatoms. The maximum atomic E-state index is 12.2. The van der Waals surface area contributed by atoms with Crippen LogP contribution < -0.4 is 5.32 Å². The zero-order chi connectivity index (χ0) is 11.9. The van der Waals surface area contributed by atoms with Crippen molar-refractivity contribution in [1.82, 2.24) is 10.2 Å². The van der Waals surface area contributed by atoms with Gasteiger partial charge in [-0.3, -0.25) is 9.69 Å². The zero-order valence-corrected chi connectivity index (χ0v) is 10.1. The first-order chi connectivity index (χ1) is 8.25. The van der Waals surface area contributed by atoms with E-state index in [1.54, 1.807) is 0 Å². The van der Waals surface area contributed by atoms with E-state index in [1.165, 1.54) is 19.4 Å². The Hall–Kier alpha value is -1.08. The monoisotopic (exact) mass is 233 g/mol. The first-order valence-corrected chi connectivity index (χ1v) is 6.71. The number of nitriles is 1. The number of carbonyl (C=O) groups is 1. The van der Waals surface area contributed by atoms with Gasteiger partial charge in [-0.25, -0.2) is 0 Å². The fourth-order valence-electron chi connectivity index (χ4n) is 3.48. The Labute approximate surface area is 102 Å². The Bertz CT molecular complexity index is 369. The van der Waals surface area contributed by atoms with Crippen LogP contribution in [0, 0.1) is 16.7 Å². The van der Waals surface area contributed by atoms with Crippen LogP contribution in [-0.2, 0) is 4.79 Å². The summed E-state index contributed by atoms with van der Waals surface area (Å²) < 4.78 is 0. The fourth-order valence-corrected chi connectivity index (χ4v) is 3.48. The van der Waals surface area contributed by atoms with E-state index in [4.69, 9.17) is 5.26 Å². The lowest BCUT2D eigenvalue weighted by Crippen LogP contribution is -2.51. The number of fused-ring (bicyclic) bond motifs is 1. The van der Waals surface area contributed by atoms with Gasteiger partial charge >= 0.3 is 0 Å². The summed E-state index contributed by atoms with van der Waals surface area (Å²) in [5, 5.41) is 12.3. The second-order valence-corrected chi connectivity index (χ2v) is 5.66. The molecule has 1 amide bonds. The minimum Gasteiger partial charge on any atom is -0.350 e. The zero-order valence-electron chi connectivity index (χ0n) is 10.1. The molecule has 0 spiro atoms. The number of amides is 1. The van der Waals surface area contributed by atoms with Crippen molar-refractivity contribution in [2.75, 3.05) is 13.1 Å². The van der Waals surface area contributed by atoms with E-state index < -0.39 is 5.41 Å². The molecule has 0 aromatic heterocycles. The number of hydrogen-bond donors (Lipinski definition) is 1. The first-order valence-electron chi connectivity index (χ1n) is 6.71. The molecule has 2 unspecified atom stereocenters. The molecule has 4 nitrogen and oxygen atoms in total. The van der Waals surface area contributed by atoms with E-state index in [2.05, 4.69) is 16.3 Å². The highest BCUT2D eigenvalue weighted by Crippen LogP contribution is 2.41. The van der Waals surface area contributed by atoms with E-state index in [1.807, 2.05) is 0 Å². The van der Waals surface area contributed by atoms with E-state index in [9.17, 15) is 4.79 Å². The molecular formula is C13H19N3O. The van der Waals surface area contributed by atoms with Crippen molar-refractivity contribution in [3.63, 3.8) is 0 Å². The van der Waals surface area contributed by atoms with Crippen molar-refractivity contribution in [2.45, 2.75) is 50.6 Å². The van der Waals surface area contributed by atoms with Gasteiger partial charge in [0.1, 0.15) is 5.41 Å². The van der Waals surface area contributed by atoms with Crippen LogP contribution in [0.2, 0.25) is 0 Å². The lowest BCUT2D eigenvalue weighted by molar-refractivity contribution is -0.132. The molecular weight excluding hydrogens is 214 g/mol. The van der Waals surface area contributed by atoms with Crippen LogP contribution in [-0.4, -0.2) is 36.0 Å². The van der Waals surface area contributed by atoms with Crippen LogP contribution in [0.15, 0.2) is 0 Å². The molecule has 0 aromatic carbocycles. The number of hydrogen-bond acceptors (Lipinski definition) is 3. The Morgan fingerprint density at radius 3 is 2.76 bits per heavy atom. The van der Waals surface area contributed by atoms with Gasteiger partial charge in [0, 0.05) is 18.6 Å². The number of rotatable bonds is 2. The molecule has 92 valence electrons. The standard InChI is InChI=1S/C13H19N3O/c14-9-13(5-2-6-13)12(17)15-10-4-8-16-7-1-3-11(10)16/h10-11H,1-8H2,(H,15,17). The Kier molecular flexibility index (Phi) is 2.59. The Morgan fingerprint density at radius 1 is 1.29 bits per heavy atom. The van der Waals surface area contributed by atoms with Crippen LogP contribution in [0.3, 0.4) is 0 Å². The maximum Gasteiger partial charge on any atom is 0.240 e. The Morgan fingerprint density at radius 2 is 2.12 bits per heavy atom. The summed E-state index contributed by atoms with van der Waals surface area (Å²) in [6.07, 6.45) is 6.01. The molecule has 0 bridgehead atoms. The molecule has 2 saturated heterocycles. The van der Waals surface area contributed by atoms with Crippen molar-refractivity contribution in [1.29, 1.82) is 5.26 Å². The van der Waals surface area contributed by atoms with Crippen LogP contribution >= 0.6 is 0 Å². The third kappa shape index (κ3) is 1.64. The normalized spacial score (nSPS) is 34.8. The van der Waals surface area contributed by atoms with E-state index >= 15 is 0 Å². The van der Waals surface area contributed by atoms with Crippen molar-refractivity contribution >= 4 is 5.91 Å². The minimum absolute atomic E-state index is 0.00926.